The predicted molar refractivity (Wildman–Crippen MR) is 158 cm³/mol. The van der Waals surface area contributed by atoms with E-state index in [9.17, 15) is 34.8 Å². The first-order chi connectivity index (χ1) is 20.3. The Hall–Kier alpha value is -2.63. The molecule has 5 rings (SSSR count). The molecule has 3 aliphatic carbocycles. The van der Waals surface area contributed by atoms with Crippen molar-refractivity contribution in [1.82, 2.24) is 0 Å². The van der Waals surface area contributed by atoms with E-state index < -0.39 is 81.6 Å². The maximum absolute atomic E-state index is 14.6. The minimum absolute atomic E-state index is 0.0380. The minimum Gasteiger partial charge on any atom is -0.458 e. The van der Waals surface area contributed by atoms with Gasteiger partial charge in [0.1, 0.15) is 29.5 Å². The van der Waals surface area contributed by atoms with Gasteiger partial charge in [0.2, 0.25) is 0 Å². The van der Waals surface area contributed by atoms with Crippen LogP contribution in [-0.4, -0.2) is 86.5 Å². The quantitative estimate of drug-likeness (QED) is 0.287. The number of ketones is 1. The van der Waals surface area contributed by atoms with Crippen molar-refractivity contribution in [3.63, 3.8) is 0 Å². The van der Waals surface area contributed by atoms with E-state index in [1.807, 2.05) is 13.8 Å². The van der Waals surface area contributed by atoms with Gasteiger partial charge in [0.05, 0.1) is 41.1 Å². The molecule has 242 valence electrons. The van der Waals surface area contributed by atoms with Crippen LogP contribution in [0.2, 0.25) is 0 Å². The highest BCUT2D eigenvalue weighted by atomic mass is 16.6. The molecule has 10 heteroatoms. The summed E-state index contributed by atoms with van der Waals surface area (Å²) in [6.07, 6.45) is -7.27. The van der Waals surface area contributed by atoms with Crippen molar-refractivity contribution in [3.05, 3.63) is 47.0 Å². The van der Waals surface area contributed by atoms with Crippen LogP contribution in [0.4, 0.5) is 0 Å². The van der Waals surface area contributed by atoms with Gasteiger partial charge in [-0.25, -0.2) is 4.79 Å². The number of carbonyl (C=O) groups excluding carboxylic acids is 3. The average molecular weight is 615 g/mol. The Bertz CT molecular complexity index is 1390. The third-order valence-electron chi connectivity index (χ3n) is 12.1. The van der Waals surface area contributed by atoms with Gasteiger partial charge in [0.15, 0.2) is 5.78 Å². The van der Waals surface area contributed by atoms with Crippen LogP contribution in [0.15, 0.2) is 41.5 Å². The van der Waals surface area contributed by atoms with E-state index in [1.165, 1.54) is 13.8 Å². The summed E-state index contributed by atoms with van der Waals surface area (Å²) in [6, 6.07) is 8.14. The van der Waals surface area contributed by atoms with E-state index in [0.29, 0.717) is 5.57 Å². The van der Waals surface area contributed by atoms with E-state index in [1.54, 1.807) is 58.0 Å². The molecule has 4 aliphatic rings. The number of ether oxygens (including phenoxy) is 3. The molecule has 10 atom stereocenters. The zero-order chi connectivity index (χ0) is 32.8. The molecule has 1 heterocycles. The summed E-state index contributed by atoms with van der Waals surface area (Å²) >= 11 is 0. The lowest BCUT2D eigenvalue weighted by atomic mass is 9.38. The second kappa shape index (κ2) is 10.5. The van der Waals surface area contributed by atoms with Crippen molar-refractivity contribution < 1.29 is 49.0 Å². The van der Waals surface area contributed by atoms with Gasteiger partial charge < -0.3 is 34.6 Å². The Kier molecular flexibility index (Phi) is 7.78. The summed E-state index contributed by atoms with van der Waals surface area (Å²) in [5.74, 6) is -2.64. The summed E-state index contributed by atoms with van der Waals surface area (Å²) < 4.78 is 18.0. The number of hydrogen-bond acceptors (Lipinski definition) is 10. The monoisotopic (exact) mass is 614 g/mol. The molecular formula is C34H46O10. The Morgan fingerprint density at radius 2 is 1.59 bits per heavy atom. The molecule has 1 aromatic carbocycles. The van der Waals surface area contributed by atoms with Crippen LogP contribution in [-0.2, 0) is 23.8 Å². The molecule has 4 N–H and O–H groups in total. The Morgan fingerprint density at radius 1 is 0.977 bits per heavy atom. The second-order valence-electron chi connectivity index (χ2n) is 14.6. The molecular weight excluding hydrogens is 568 g/mol. The molecule has 2 bridgehead atoms. The first kappa shape index (κ1) is 32.8. The van der Waals surface area contributed by atoms with Crippen LogP contribution in [0.5, 0.6) is 0 Å². The van der Waals surface area contributed by atoms with Crippen molar-refractivity contribution in [2.24, 2.45) is 28.1 Å². The van der Waals surface area contributed by atoms with E-state index in [2.05, 4.69) is 0 Å². The van der Waals surface area contributed by atoms with Crippen LogP contribution in [0, 0.1) is 28.1 Å². The first-order valence-electron chi connectivity index (χ1n) is 15.4. The fraction of sp³-hybridized carbons (Fsp3) is 0.676. The lowest BCUT2D eigenvalue weighted by molar-refractivity contribution is -0.379. The highest BCUT2D eigenvalue weighted by Crippen LogP contribution is 2.68. The van der Waals surface area contributed by atoms with Gasteiger partial charge in [-0.15, -0.1) is 0 Å². The number of aliphatic hydroxyl groups excluding tert-OH is 2. The summed E-state index contributed by atoms with van der Waals surface area (Å²) in [5, 5.41) is 49.0. The molecule has 0 aromatic heterocycles. The Balaban J connectivity index is 1.79. The SMILES string of the molecule is CC1=C2C(O)C(=O)[C@]3(C)C(O)CC4OCC4(O)C3(C)C(OC(=O)c3ccccc3)C(O)(CC1OC(=O)[C@H](C)C(C)C)C2(C)C. The number of fused-ring (bicyclic) bond motifs is 5. The largest absolute Gasteiger partial charge is 0.458 e. The molecule has 44 heavy (non-hydrogen) atoms. The fourth-order valence-electron chi connectivity index (χ4n) is 8.35. The molecule has 0 amide bonds. The van der Waals surface area contributed by atoms with E-state index in [4.69, 9.17) is 14.2 Å². The smallest absolute Gasteiger partial charge is 0.338 e. The average Bonchev–Trinajstić information content (AvgIpc) is 2.97. The van der Waals surface area contributed by atoms with Gasteiger partial charge in [-0.05, 0) is 43.0 Å². The predicted octanol–water partition coefficient (Wildman–Crippen LogP) is 2.74. The number of esters is 2. The first-order valence-corrected chi connectivity index (χ1v) is 15.4. The van der Waals surface area contributed by atoms with Gasteiger partial charge in [0, 0.05) is 18.3 Å². The summed E-state index contributed by atoms with van der Waals surface area (Å²) in [4.78, 5) is 41.7. The molecule has 0 radical (unpaired) electrons. The molecule has 1 aliphatic heterocycles. The normalized spacial score (nSPS) is 41.8. The van der Waals surface area contributed by atoms with Gasteiger partial charge in [0.25, 0.3) is 0 Å². The number of aliphatic hydroxyl groups is 4. The third-order valence-corrected chi connectivity index (χ3v) is 12.1. The highest BCUT2D eigenvalue weighted by Gasteiger charge is 2.82. The molecule has 1 aromatic rings. The second-order valence-corrected chi connectivity index (χ2v) is 14.6. The van der Waals surface area contributed by atoms with Gasteiger partial charge in [-0.3, -0.25) is 9.59 Å². The zero-order valence-corrected chi connectivity index (χ0v) is 26.8. The number of benzene rings is 1. The maximum atomic E-state index is 14.6. The van der Waals surface area contributed by atoms with Crippen molar-refractivity contribution in [2.75, 3.05) is 6.61 Å². The van der Waals surface area contributed by atoms with Crippen molar-refractivity contribution >= 4 is 17.7 Å². The highest BCUT2D eigenvalue weighted by molar-refractivity contribution is 5.94. The number of carbonyl (C=O) groups is 3. The third kappa shape index (κ3) is 4.07. The summed E-state index contributed by atoms with van der Waals surface area (Å²) in [6.45, 7) is 13.2. The van der Waals surface area contributed by atoms with Crippen LogP contribution in [0.25, 0.3) is 0 Å². The van der Waals surface area contributed by atoms with Crippen LogP contribution in [0.1, 0.15) is 78.6 Å². The maximum Gasteiger partial charge on any atom is 0.338 e. The lowest BCUT2D eigenvalue weighted by Crippen LogP contribution is -2.85. The lowest BCUT2D eigenvalue weighted by Gasteiger charge is -2.71. The number of rotatable bonds is 5. The molecule has 3 fully saturated rings. The van der Waals surface area contributed by atoms with E-state index in [0.717, 1.165) is 0 Å². The number of Topliss-reactive ketones (excluding diaryl/α,β-unsaturated/α-hetero) is 1. The topological polar surface area (TPSA) is 160 Å². The Labute approximate surface area is 258 Å². The van der Waals surface area contributed by atoms with Crippen molar-refractivity contribution in [1.29, 1.82) is 0 Å². The summed E-state index contributed by atoms with van der Waals surface area (Å²) in [5.41, 5.74) is -8.49. The van der Waals surface area contributed by atoms with Crippen molar-refractivity contribution in [2.45, 2.75) is 110 Å². The standard InChI is InChI=1S/C34H46O10/c1-17(2)18(3)27(38)43-21-15-33(40)29(44-28(39)20-12-10-9-11-13-20)32(8)31(7,22(35)14-23-34(32,41)16-42-23)26(37)25(36)24(19(21)4)30(33,5)6/h9-13,17-18,21-23,25,29,35-36,40-41H,14-16H2,1-8H3/t18-,21?,22?,23?,25?,29?,31+,32?,33?,34?/m1/s1. The van der Waals surface area contributed by atoms with E-state index >= 15 is 0 Å². The summed E-state index contributed by atoms with van der Waals surface area (Å²) in [7, 11) is 0. The van der Waals surface area contributed by atoms with Gasteiger partial charge >= 0.3 is 11.9 Å². The molecule has 10 nitrogen and oxygen atoms in total. The van der Waals surface area contributed by atoms with Crippen LogP contribution in [0.3, 0.4) is 0 Å². The molecule has 1 saturated heterocycles. The van der Waals surface area contributed by atoms with Crippen molar-refractivity contribution in [3.8, 4) is 0 Å². The minimum atomic E-state index is -2.12. The molecule has 2 saturated carbocycles. The van der Waals surface area contributed by atoms with Gasteiger partial charge in [-0.2, -0.15) is 0 Å². The van der Waals surface area contributed by atoms with Gasteiger partial charge in [-0.1, -0.05) is 59.7 Å². The number of hydrogen-bond donors (Lipinski definition) is 4. The zero-order valence-electron chi connectivity index (χ0n) is 26.8. The molecule has 8 unspecified atom stereocenters. The molecule has 0 spiro atoms. The van der Waals surface area contributed by atoms with Crippen LogP contribution < -0.4 is 0 Å². The fourth-order valence-corrected chi connectivity index (χ4v) is 8.35. The Morgan fingerprint density at radius 3 is 2.14 bits per heavy atom. The van der Waals surface area contributed by atoms with Crippen LogP contribution >= 0.6 is 0 Å². The van der Waals surface area contributed by atoms with E-state index in [-0.39, 0.29) is 36.5 Å².